The Morgan fingerprint density at radius 2 is 1.83 bits per heavy atom. The number of esters is 1. The van der Waals surface area contributed by atoms with Crippen LogP contribution in [0.25, 0.3) is 5.95 Å². The van der Waals surface area contributed by atoms with E-state index in [0.29, 0.717) is 22.9 Å². The minimum Gasteiger partial charge on any atom is -0.419 e. The van der Waals surface area contributed by atoms with Gasteiger partial charge in [0.25, 0.3) is 5.95 Å². The van der Waals surface area contributed by atoms with E-state index in [-0.39, 0.29) is 6.42 Å². The molecule has 0 atom stereocenters. The highest BCUT2D eigenvalue weighted by atomic mass is 19.1. The second-order valence-corrected chi connectivity index (χ2v) is 6.53. The number of hydrogen-bond acceptors (Lipinski definition) is 7. The number of hydrogen-bond donors (Lipinski definition) is 0. The second-order valence-electron chi connectivity index (χ2n) is 6.53. The molecule has 0 bridgehead atoms. The van der Waals surface area contributed by atoms with E-state index in [0.717, 1.165) is 29.6 Å². The Morgan fingerprint density at radius 3 is 2.45 bits per heavy atom. The molecule has 2 heterocycles. The highest BCUT2D eigenvalue weighted by molar-refractivity contribution is 5.77. The van der Waals surface area contributed by atoms with Gasteiger partial charge in [0.1, 0.15) is 5.82 Å². The van der Waals surface area contributed by atoms with Gasteiger partial charge in [0, 0.05) is 34.8 Å². The predicted octanol–water partition coefficient (Wildman–Crippen LogP) is 3.09. The van der Waals surface area contributed by atoms with E-state index in [1.54, 1.807) is 13.8 Å². The monoisotopic (exact) mass is 399 g/mol. The molecule has 1 aromatic carbocycles. The number of carbonyl (C=O) groups is 1. The van der Waals surface area contributed by atoms with Crippen LogP contribution < -0.4 is 4.74 Å². The van der Waals surface area contributed by atoms with E-state index in [2.05, 4.69) is 15.1 Å². The molecule has 3 rings (SSSR count). The van der Waals surface area contributed by atoms with Crippen molar-refractivity contribution >= 4 is 11.7 Å². The standard InChI is InChI=1S/C19H18FN5O4/c1-10-7-11(2)22-19(21-10)24-13(4)15(12(3)23-24)9-18(26)29-17-8-14(20)5-6-16(17)25(27)28/h5-8H,9H2,1-4H3. The molecule has 0 N–H and O–H groups in total. The smallest absolute Gasteiger partial charge is 0.316 e. The summed E-state index contributed by atoms with van der Waals surface area (Å²) in [5.41, 5.74) is 2.84. The minimum atomic E-state index is -0.772. The highest BCUT2D eigenvalue weighted by Gasteiger charge is 2.22. The van der Waals surface area contributed by atoms with Crippen molar-refractivity contribution < 1.29 is 18.8 Å². The number of carbonyl (C=O) groups excluding carboxylic acids is 1. The average molecular weight is 399 g/mol. The van der Waals surface area contributed by atoms with Crippen LogP contribution in [0.1, 0.15) is 28.3 Å². The van der Waals surface area contributed by atoms with E-state index >= 15 is 0 Å². The lowest BCUT2D eigenvalue weighted by atomic mass is 10.1. The number of rotatable bonds is 5. The van der Waals surface area contributed by atoms with Crippen LogP contribution in [0.3, 0.4) is 0 Å². The summed E-state index contributed by atoms with van der Waals surface area (Å²) in [6, 6.07) is 4.52. The first-order valence-electron chi connectivity index (χ1n) is 8.68. The number of aromatic nitrogens is 4. The van der Waals surface area contributed by atoms with Crippen molar-refractivity contribution in [3.8, 4) is 11.7 Å². The van der Waals surface area contributed by atoms with E-state index < -0.39 is 28.1 Å². The Morgan fingerprint density at radius 1 is 1.17 bits per heavy atom. The fraction of sp³-hybridized carbons (Fsp3) is 0.263. The van der Waals surface area contributed by atoms with Crippen molar-refractivity contribution in [1.29, 1.82) is 0 Å². The summed E-state index contributed by atoms with van der Waals surface area (Å²) >= 11 is 0. The summed E-state index contributed by atoms with van der Waals surface area (Å²) in [4.78, 5) is 31.4. The van der Waals surface area contributed by atoms with Gasteiger partial charge >= 0.3 is 11.7 Å². The van der Waals surface area contributed by atoms with Gasteiger partial charge in [-0.1, -0.05) is 0 Å². The quantitative estimate of drug-likeness (QED) is 0.280. The maximum absolute atomic E-state index is 13.4. The fourth-order valence-electron chi connectivity index (χ4n) is 2.95. The number of nitrogens with zero attached hydrogens (tertiary/aromatic N) is 5. The molecule has 0 saturated heterocycles. The lowest BCUT2D eigenvalue weighted by Gasteiger charge is -2.07. The summed E-state index contributed by atoms with van der Waals surface area (Å²) < 4.78 is 20.0. The third-order valence-electron chi connectivity index (χ3n) is 4.26. The summed E-state index contributed by atoms with van der Waals surface area (Å²) in [6.07, 6.45) is -0.198. The van der Waals surface area contributed by atoms with Gasteiger partial charge in [-0.05, 0) is 39.8 Å². The maximum atomic E-state index is 13.4. The van der Waals surface area contributed by atoms with Gasteiger partial charge in [-0.25, -0.2) is 19.0 Å². The molecule has 150 valence electrons. The first-order valence-corrected chi connectivity index (χ1v) is 8.68. The average Bonchev–Trinajstić information content (AvgIpc) is 2.89. The van der Waals surface area contributed by atoms with Crippen molar-refractivity contribution in [2.75, 3.05) is 0 Å². The number of benzene rings is 1. The predicted molar refractivity (Wildman–Crippen MR) is 100 cm³/mol. The van der Waals surface area contributed by atoms with Gasteiger partial charge in [0.15, 0.2) is 0 Å². The molecule has 2 aromatic heterocycles. The Hall–Kier alpha value is -3.69. The molecule has 0 aliphatic heterocycles. The number of halogens is 1. The molecule has 0 unspecified atom stereocenters. The highest BCUT2D eigenvalue weighted by Crippen LogP contribution is 2.28. The molecule has 0 aliphatic rings. The van der Waals surface area contributed by atoms with Crippen LogP contribution in [0.2, 0.25) is 0 Å². The van der Waals surface area contributed by atoms with Gasteiger partial charge in [-0.15, -0.1) is 0 Å². The van der Waals surface area contributed by atoms with Crippen LogP contribution in [0.4, 0.5) is 10.1 Å². The molecular formula is C19H18FN5O4. The number of nitro benzene ring substituents is 1. The molecule has 0 aliphatic carbocycles. The van der Waals surface area contributed by atoms with Crippen molar-refractivity contribution in [3.63, 3.8) is 0 Å². The van der Waals surface area contributed by atoms with Crippen LogP contribution in [-0.2, 0) is 11.2 Å². The normalized spacial score (nSPS) is 10.8. The number of aryl methyl sites for hydroxylation is 3. The largest absolute Gasteiger partial charge is 0.419 e. The molecule has 0 saturated carbocycles. The molecule has 0 fully saturated rings. The van der Waals surface area contributed by atoms with Crippen molar-refractivity contribution in [2.45, 2.75) is 34.1 Å². The molecule has 0 radical (unpaired) electrons. The van der Waals surface area contributed by atoms with Crippen LogP contribution in [-0.4, -0.2) is 30.6 Å². The van der Waals surface area contributed by atoms with Crippen LogP contribution in [0.5, 0.6) is 5.75 Å². The van der Waals surface area contributed by atoms with E-state index in [4.69, 9.17) is 4.74 Å². The Balaban J connectivity index is 1.88. The molecular weight excluding hydrogens is 381 g/mol. The zero-order valence-corrected chi connectivity index (χ0v) is 16.3. The van der Waals surface area contributed by atoms with Crippen LogP contribution in [0.15, 0.2) is 24.3 Å². The zero-order chi connectivity index (χ0) is 21.3. The first-order chi connectivity index (χ1) is 13.7. The Labute approximate surface area is 165 Å². The topological polar surface area (TPSA) is 113 Å². The summed E-state index contributed by atoms with van der Waals surface area (Å²) in [7, 11) is 0. The van der Waals surface area contributed by atoms with Crippen molar-refractivity contribution in [1.82, 2.24) is 19.7 Å². The third-order valence-corrected chi connectivity index (χ3v) is 4.26. The van der Waals surface area contributed by atoms with Crippen molar-refractivity contribution in [2.24, 2.45) is 0 Å². The van der Waals surface area contributed by atoms with Crippen molar-refractivity contribution in [3.05, 3.63) is 68.5 Å². The molecule has 10 heteroatoms. The number of ether oxygens (including phenoxy) is 1. The summed E-state index contributed by atoms with van der Waals surface area (Å²) in [5.74, 6) is -1.58. The van der Waals surface area contributed by atoms with Crippen LogP contribution >= 0.6 is 0 Å². The van der Waals surface area contributed by atoms with Gasteiger partial charge < -0.3 is 4.74 Å². The fourth-order valence-corrected chi connectivity index (χ4v) is 2.95. The SMILES string of the molecule is Cc1cc(C)nc(-n2nc(C)c(CC(=O)Oc3cc(F)ccc3[N+](=O)[O-])c2C)n1. The molecule has 3 aromatic rings. The lowest BCUT2D eigenvalue weighted by molar-refractivity contribution is -0.385. The van der Waals surface area contributed by atoms with Gasteiger partial charge in [-0.3, -0.25) is 14.9 Å². The number of nitro groups is 1. The summed E-state index contributed by atoms with van der Waals surface area (Å²) in [6.45, 7) is 7.16. The van der Waals surface area contributed by atoms with E-state index in [1.807, 2.05) is 19.9 Å². The Bertz CT molecular complexity index is 1110. The zero-order valence-electron chi connectivity index (χ0n) is 16.3. The summed E-state index contributed by atoms with van der Waals surface area (Å²) in [5, 5.41) is 15.5. The van der Waals surface area contributed by atoms with Gasteiger partial charge in [0.05, 0.1) is 17.0 Å². The Kier molecular flexibility index (Phi) is 5.35. The van der Waals surface area contributed by atoms with E-state index in [9.17, 15) is 19.3 Å². The minimum absolute atomic E-state index is 0.198. The third kappa shape index (κ3) is 4.26. The van der Waals surface area contributed by atoms with Crippen LogP contribution in [0, 0.1) is 43.6 Å². The molecule has 29 heavy (non-hydrogen) atoms. The first kappa shape index (κ1) is 20.1. The van der Waals surface area contributed by atoms with E-state index in [1.165, 1.54) is 4.68 Å². The molecule has 0 spiro atoms. The molecule has 0 amide bonds. The second kappa shape index (κ2) is 7.74. The lowest BCUT2D eigenvalue weighted by Crippen LogP contribution is -2.14. The molecule has 9 nitrogen and oxygen atoms in total. The maximum Gasteiger partial charge on any atom is 0.316 e. The van der Waals surface area contributed by atoms with Gasteiger partial charge in [0.2, 0.25) is 5.75 Å². The van der Waals surface area contributed by atoms with Gasteiger partial charge in [-0.2, -0.15) is 5.10 Å².